The minimum absolute atomic E-state index is 0.166. The zero-order valence-electron chi connectivity index (χ0n) is 12.5. The molecule has 0 fully saturated rings. The van der Waals surface area contributed by atoms with Crippen LogP contribution in [0.4, 0.5) is 0 Å². The van der Waals surface area contributed by atoms with Crippen molar-refractivity contribution in [3.8, 4) is 0 Å². The normalized spacial score (nSPS) is 13.4. The Morgan fingerprint density at radius 3 is 2.44 bits per heavy atom. The van der Waals surface area contributed by atoms with E-state index in [4.69, 9.17) is 4.84 Å². The van der Waals surface area contributed by atoms with Gasteiger partial charge >= 0.3 is 5.97 Å². The molecule has 0 saturated heterocycles. The van der Waals surface area contributed by atoms with E-state index in [0.717, 1.165) is 4.57 Å². The molecule has 0 aliphatic carbocycles. The first-order chi connectivity index (χ1) is 12.1. The number of hydroxylamine groups is 2. The Labute approximate surface area is 143 Å². The van der Waals surface area contributed by atoms with Crippen LogP contribution >= 0.6 is 11.3 Å². The van der Waals surface area contributed by atoms with E-state index in [-0.39, 0.29) is 11.1 Å². The van der Waals surface area contributed by atoms with Gasteiger partial charge in [0.15, 0.2) is 0 Å². The Hall–Kier alpha value is -3.33. The summed E-state index contributed by atoms with van der Waals surface area (Å²) < 4.78 is 1.07. The van der Waals surface area contributed by atoms with Gasteiger partial charge in [0.05, 0.1) is 22.8 Å². The van der Waals surface area contributed by atoms with Crippen molar-refractivity contribution < 1.29 is 19.2 Å². The highest BCUT2D eigenvalue weighted by molar-refractivity contribution is 7.16. The first-order valence-electron chi connectivity index (χ1n) is 7.17. The van der Waals surface area contributed by atoms with E-state index in [9.17, 15) is 19.2 Å². The number of benzene rings is 1. The highest BCUT2D eigenvalue weighted by Crippen LogP contribution is 2.22. The number of nitrogens with zero attached hydrogens (tertiary/aromatic N) is 3. The summed E-state index contributed by atoms with van der Waals surface area (Å²) in [5.74, 6) is -2.35. The van der Waals surface area contributed by atoms with Gasteiger partial charge in [-0.1, -0.05) is 17.2 Å². The number of imide groups is 1. The van der Waals surface area contributed by atoms with Crippen molar-refractivity contribution in [2.24, 2.45) is 0 Å². The van der Waals surface area contributed by atoms with E-state index in [2.05, 4.69) is 4.98 Å². The molecule has 0 N–H and O–H groups in total. The van der Waals surface area contributed by atoms with Crippen molar-refractivity contribution in [1.82, 2.24) is 14.6 Å². The van der Waals surface area contributed by atoms with E-state index < -0.39 is 29.9 Å². The molecule has 3 aromatic rings. The maximum absolute atomic E-state index is 12.2. The van der Waals surface area contributed by atoms with Crippen molar-refractivity contribution in [3.05, 3.63) is 63.5 Å². The predicted octanol–water partition coefficient (Wildman–Crippen LogP) is 1.21. The van der Waals surface area contributed by atoms with Crippen LogP contribution < -0.4 is 5.56 Å². The number of hydrogen-bond acceptors (Lipinski definition) is 7. The number of rotatable bonds is 3. The third kappa shape index (κ3) is 2.41. The number of amides is 2. The van der Waals surface area contributed by atoms with E-state index in [1.54, 1.807) is 23.6 Å². The molecule has 0 spiro atoms. The second-order valence-electron chi connectivity index (χ2n) is 5.23. The molecule has 8 nitrogen and oxygen atoms in total. The number of aromatic nitrogens is 2. The van der Waals surface area contributed by atoms with Crippen LogP contribution in [0.5, 0.6) is 0 Å². The number of carbonyl (C=O) groups excluding carboxylic acids is 3. The van der Waals surface area contributed by atoms with Crippen LogP contribution in [0.15, 0.2) is 46.8 Å². The SMILES string of the molecule is O=C(Cn1cnc2sccc2c1=O)ON1C(=O)c2ccccc2C1=O. The van der Waals surface area contributed by atoms with Crippen molar-refractivity contribution in [1.29, 1.82) is 0 Å². The van der Waals surface area contributed by atoms with E-state index >= 15 is 0 Å². The molecule has 0 saturated carbocycles. The summed E-state index contributed by atoms with van der Waals surface area (Å²) in [7, 11) is 0. The van der Waals surface area contributed by atoms with Crippen LogP contribution in [0.3, 0.4) is 0 Å². The van der Waals surface area contributed by atoms with E-state index in [1.807, 2.05) is 0 Å². The van der Waals surface area contributed by atoms with Gasteiger partial charge in [-0.15, -0.1) is 11.3 Å². The van der Waals surface area contributed by atoms with Gasteiger partial charge < -0.3 is 4.84 Å². The van der Waals surface area contributed by atoms with Crippen molar-refractivity contribution in [3.63, 3.8) is 0 Å². The maximum Gasteiger partial charge on any atom is 0.352 e. The molecule has 1 aliphatic rings. The van der Waals surface area contributed by atoms with Gasteiger partial charge in [0.1, 0.15) is 11.4 Å². The molecule has 2 aromatic heterocycles. The molecule has 1 aliphatic heterocycles. The Balaban J connectivity index is 1.55. The number of fused-ring (bicyclic) bond motifs is 2. The first kappa shape index (κ1) is 15.2. The lowest BCUT2D eigenvalue weighted by molar-refractivity contribution is -0.169. The molecule has 0 bridgehead atoms. The fraction of sp³-hybridized carbons (Fsp3) is 0.0625. The second-order valence-corrected chi connectivity index (χ2v) is 6.13. The monoisotopic (exact) mass is 355 g/mol. The smallest absolute Gasteiger partial charge is 0.328 e. The molecule has 25 heavy (non-hydrogen) atoms. The summed E-state index contributed by atoms with van der Waals surface area (Å²) in [5.41, 5.74) is -0.0665. The van der Waals surface area contributed by atoms with Crippen LogP contribution in [0.1, 0.15) is 20.7 Å². The summed E-state index contributed by atoms with van der Waals surface area (Å²) in [5, 5.41) is 2.52. The Morgan fingerprint density at radius 2 is 1.76 bits per heavy atom. The van der Waals surface area contributed by atoms with Gasteiger partial charge in [0, 0.05) is 0 Å². The van der Waals surface area contributed by atoms with Crippen LogP contribution in [-0.2, 0) is 16.2 Å². The van der Waals surface area contributed by atoms with Crippen molar-refractivity contribution in [2.45, 2.75) is 6.54 Å². The van der Waals surface area contributed by atoms with Gasteiger partial charge in [-0.2, -0.15) is 0 Å². The minimum atomic E-state index is -0.923. The summed E-state index contributed by atoms with van der Waals surface area (Å²) in [6.07, 6.45) is 1.23. The largest absolute Gasteiger partial charge is 0.352 e. The standard InChI is InChI=1S/C16H9N3O5S/c20-12(7-18-8-17-13-11(14(18)21)5-6-25-13)24-19-15(22)9-3-1-2-4-10(9)16(19)23/h1-6,8H,7H2. The Kier molecular flexibility index (Phi) is 3.43. The first-order valence-corrected chi connectivity index (χ1v) is 8.05. The Morgan fingerprint density at radius 1 is 1.08 bits per heavy atom. The molecule has 0 radical (unpaired) electrons. The fourth-order valence-corrected chi connectivity index (χ4v) is 3.25. The second kappa shape index (κ2) is 5.64. The van der Waals surface area contributed by atoms with E-state index in [0.29, 0.717) is 15.3 Å². The third-order valence-electron chi connectivity index (χ3n) is 3.70. The summed E-state index contributed by atoms with van der Waals surface area (Å²) in [6, 6.07) is 7.78. The van der Waals surface area contributed by atoms with Crippen LogP contribution in [-0.4, -0.2) is 32.4 Å². The van der Waals surface area contributed by atoms with Crippen LogP contribution in [0.2, 0.25) is 0 Å². The molecule has 124 valence electrons. The molecule has 1 aromatic carbocycles. The lowest BCUT2D eigenvalue weighted by Gasteiger charge is -2.13. The number of thiophene rings is 1. The average Bonchev–Trinajstić information content (AvgIpc) is 3.18. The minimum Gasteiger partial charge on any atom is -0.328 e. The zero-order valence-corrected chi connectivity index (χ0v) is 13.4. The maximum atomic E-state index is 12.2. The third-order valence-corrected chi connectivity index (χ3v) is 4.52. The van der Waals surface area contributed by atoms with Gasteiger partial charge in [0.2, 0.25) is 0 Å². The topological polar surface area (TPSA) is 98.6 Å². The molecule has 4 rings (SSSR count). The highest BCUT2D eigenvalue weighted by Gasteiger charge is 2.38. The number of carbonyl (C=O) groups is 3. The molecular weight excluding hydrogens is 346 g/mol. The van der Waals surface area contributed by atoms with Gasteiger partial charge in [-0.25, -0.2) is 9.78 Å². The average molecular weight is 355 g/mol. The molecular formula is C16H9N3O5S. The molecule has 2 amide bonds. The van der Waals surface area contributed by atoms with Crippen molar-refractivity contribution >= 4 is 39.3 Å². The quantitative estimate of drug-likeness (QED) is 0.655. The molecule has 0 unspecified atom stereocenters. The summed E-state index contributed by atoms with van der Waals surface area (Å²) in [6.45, 7) is -0.467. The van der Waals surface area contributed by atoms with Crippen LogP contribution in [0.25, 0.3) is 10.2 Å². The fourth-order valence-electron chi connectivity index (χ4n) is 2.53. The van der Waals surface area contributed by atoms with Gasteiger partial charge in [-0.3, -0.25) is 19.0 Å². The Bertz CT molecular complexity index is 1070. The molecule has 9 heteroatoms. The predicted molar refractivity (Wildman–Crippen MR) is 86.9 cm³/mol. The lowest BCUT2D eigenvalue weighted by atomic mass is 10.1. The highest BCUT2D eigenvalue weighted by atomic mass is 32.1. The molecule has 3 heterocycles. The van der Waals surface area contributed by atoms with Crippen LogP contribution in [0, 0.1) is 0 Å². The van der Waals surface area contributed by atoms with Crippen molar-refractivity contribution in [2.75, 3.05) is 0 Å². The van der Waals surface area contributed by atoms with E-state index in [1.165, 1.54) is 29.8 Å². The lowest BCUT2D eigenvalue weighted by Crippen LogP contribution is -2.35. The molecule has 0 atom stereocenters. The zero-order chi connectivity index (χ0) is 17.6. The summed E-state index contributed by atoms with van der Waals surface area (Å²) >= 11 is 1.31. The number of hydrogen-bond donors (Lipinski definition) is 0. The van der Waals surface area contributed by atoms with Gasteiger partial charge in [0.25, 0.3) is 17.4 Å². The summed E-state index contributed by atoms with van der Waals surface area (Å²) in [4.78, 5) is 58.2. The van der Waals surface area contributed by atoms with Gasteiger partial charge in [-0.05, 0) is 23.6 Å².